The minimum Gasteiger partial charge on any atom is -1.00 e. The first-order chi connectivity index (χ1) is 19.2. The molecule has 4 aromatic carbocycles. The van der Waals surface area contributed by atoms with Gasteiger partial charge in [-0.3, -0.25) is 0 Å². The van der Waals surface area contributed by atoms with Crippen molar-refractivity contribution in [1.29, 1.82) is 0 Å². The largest absolute Gasteiger partial charge is 4.00 e. The molecule has 0 aromatic heterocycles. The molecule has 0 spiro atoms. The molecule has 4 aromatic rings. The first-order valence-corrected chi connectivity index (χ1v) is 15.1. The minimum atomic E-state index is -3.24. The van der Waals surface area contributed by atoms with Gasteiger partial charge in [-0.1, -0.05) is 45.9 Å². The first kappa shape index (κ1) is 41.6. The second-order valence-corrected chi connectivity index (χ2v) is 13.4. The predicted molar refractivity (Wildman–Crippen MR) is 164 cm³/mol. The van der Waals surface area contributed by atoms with E-state index in [-0.39, 0.29) is 58.9 Å². The van der Waals surface area contributed by atoms with E-state index in [4.69, 9.17) is 28.4 Å². The van der Waals surface area contributed by atoms with Crippen molar-refractivity contribution in [3.05, 3.63) is 76.9 Å². The van der Waals surface area contributed by atoms with Crippen molar-refractivity contribution in [2.75, 3.05) is 42.7 Å². The summed E-state index contributed by atoms with van der Waals surface area (Å²) in [6, 6.07) is 18.3. The van der Waals surface area contributed by atoms with Gasteiger partial charge in [-0.15, -0.1) is 5.19 Å². The van der Waals surface area contributed by atoms with Crippen molar-refractivity contribution in [1.82, 2.24) is 0 Å². The smallest absolute Gasteiger partial charge is 1.00 e. The first-order valence-electron chi connectivity index (χ1n) is 13.1. The Balaban J connectivity index is 0.00000462. The van der Waals surface area contributed by atoms with E-state index in [0.717, 1.165) is 50.1 Å². The molecular weight excluding hydrogens is 675 g/mol. The molecule has 0 amide bonds. The van der Waals surface area contributed by atoms with Crippen LogP contribution in [0.2, 0.25) is 0 Å². The molecule has 0 saturated carbocycles. The Bertz CT molecular complexity index is 1380. The van der Waals surface area contributed by atoms with E-state index in [9.17, 15) is 0 Å². The number of hydrogen-bond acceptors (Lipinski definition) is 6. The molecule has 0 N–H and O–H groups in total. The molecule has 44 heavy (non-hydrogen) atoms. The van der Waals surface area contributed by atoms with Gasteiger partial charge in [0.15, 0.2) is 0 Å². The van der Waals surface area contributed by atoms with Crippen LogP contribution in [0, 0.1) is 27.7 Å². The maximum atomic E-state index is 6.14. The Kier molecular flexibility index (Phi) is 16.4. The topological polar surface area (TPSA) is 55.4 Å². The van der Waals surface area contributed by atoms with Crippen LogP contribution in [0.5, 0.6) is 34.5 Å². The van der Waals surface area contributed by atoms with Crippen LogP contribution in [0.15, 0.2) is 54.6 Å². The fourth-order valence-electron chi connectivity index (χ4n) is 5.95. The average Bonchev–Trinajstić information content (AvgIpc) is 3.19. The maximum absolute atomic E-state index is 6.14. The van der Waals surface area contributed by atoms with Crippen molar-refractivity contribution in [2.45, 2.75) is 27.7 Å². The van der Waals surface area contributed by atoms with Crippen LogP contribution in [0.4, 0.5) is 0 Å². The Morgan fingerprint density at radius 1 is 0.455 bits per heavy atom. The molecule has 0 fully saturated rings. The number of methoxy groups -OCH3 is 6. The van der Waals surface area contributed by atoms with Gasteiger partial charge in [-0.2, -0.15) is 22.3 Å². The number of ether oxygens (including phenoxy) is 6. The Labute approximate surface area is 296 Å². The van der Waals surface area contributed by atoms with E-state index < -0.39 is 8.07 Å². The van der Waals surface area contributed by atoms with E-state index in [2.05, 4.69) is 45.9 Å². The molecule has 236 valence electrons. The number of hydrogen-bond donors (Lipinski definition) is 0. The normalized spacial score (nSPS) is 10.2. The summed E-state index contributed by atoms with van der Waals surface area (Å²) in [6.45, 7) is 8.83. The molecule has 0 aliphatic rings. The zero-order valence-corrected chi connectivity index (χ0v) is 31.6. The van der Waals surface area contributed by atoms with Crippen LogP contribution in [-0.4, -0.2) is 50.7 Å². The van der Waals surface area contributed by atoms with Gasteiger partial charge in [0.25, 0.3) is 0 Å². The van der Waals surface area contributed by atoms with Crippen molar-refractivity contribution in [3.63, 3.8) is 0 Å². The SMILES string of the molecule is COc1ccc([Si](c2ccc(OC)cc2OC)(c2ccc(OC)cc2OC)[c-]2c(C)c(C)c(C)c2C)c(OC)c1.[Cl-].[Cl-].[Cl-].[Ti+4]. The molecule has 0 bridgehead atoms. The Morgan fingerprint density at radius 3 is 0.955 bits per heavy atom. The Hall–Kier alpha value is -2.39. The van der Waals surface area contributed by atoms with Crippen LogP contribution >= 0.6 is 0 Å². The fraction of sp³-hybridized carbons (Fsp3) is 0.303. The van der Waals surface area contributed by atoms with Crippen LogP contribution in [0.25, 0.3) is 0 Å². The van der Waals surface area contributed by atoms with E-state index >= 15 is 0 Å². The molecule has 0 radical (unpaired) electrons. The third kappa shape index (κ3) is 6.89. The molecule has 0 aliphatic carbocycles. The summed E-state index contributed by atoms with van der Waals surface area (Å²) >= 11 is 0. The summed E-state index contributed by atoms with van der Waals surface area (Å²) in [6.07, 6.45) is 0. The molecule has 0 aliphatic heterocycles. The molecule has 0 atom stereocenters. The van der Waals surface area contributed by atoms with Crippen molar-refractivity contribution in [2.24, 2.45) is 0 Å². The van der Waals surface area contributed by atoms with Gasteiger partial charge in [-0.05, 0) is 33.8 Å². The van der Waals surface area contributed by atoms with Gasteiger partial charge in [-0.25, -0.2) is 0 Å². The van der Waals surface area contributed by atoms with Crippen LogP contribution in [0.3, 0.4) is 0 Å². The van der Waals surface area contributed by atoms with E-state index in [1.165, 1.54) is 27.4 Å². The standard InChI is InChI=1S/C33H39O6Si.3ClH.Ti/c1-20-21(2)23(4)33(22(20)3)40(30-14-11-24(34-5)17-27(30)37-8,31-15-12-25(35-6)18-28(31)38-9)32-16-13-26(36-7)19-29(32)39-10;;;;/h11-19H,1-10H3;3*1H;/q-1;;;;+4/p-3. The van der Waals surface area contributed by atoms with Gasteiger partial charge >= 0.3 is 21.7 Å². The van der Waals surface area contributed by atoms with E-state index in [1.54, 1.807) is 42.7 Å². The van der Waals surface area contributed by atoms with Crippen LogP contribution < -0.4 is 86.4 Å². The van der Waals surface area contributed by atoms with Gasteiger partial charge < -0.3 is 65.6 Å². The summed E-state index contributed by atoms with van der Waals surface area (Å²) in [4.78, 5) is 0. The van der Waals surface area contributed by atoms with Crippen LogP contribution in [-0.2, 0) is 21.7 Å². The molecule has 0 heterocycles. The number of halogens is 3. The molecule has 6 nitrogen and oxygen atoms in total. The average molecular weight is 714 g/mol. The summed E-state index contributed by atoms with van der Waals surface area (Å²) in [5, 5.41) is 4.44. The number of rotatable bonds is 10. The Morgan fingerprint density at radius 2 is 0.727 bits per heavy atom. The quantitative estimate of drug-likeness (QED) is 0.0935. The monoisotopic (exact) mass is 712 g/mol. The van der Waals surface area contributed by atoms with Crippen molar-refractivity contribution < 1.29 is 87.4 Å². The van der Waals surface area contributed by atoms with Gasteiger partial charge in [0.05, 0.1) is 42.7 Å². The summed E-state index contributed by atoms with van der Waals surface area (Å²) in [5.41, 5.74) is 5.04. The third-order valence-corrected chi connectivity index (χ3v) is 13.4. The van der Waals surface area contributed by atoms with Gasteiger partial charge in [0.2, 0.25) is 0 Å². The van der Waals surface area contributed by atoms with Gasteiger partial charge in [0.1, 0.15) is 42.6 Å². The minimum absolute atomic E-state index is 0. The second-order valence-electron chi connectivity index (χ2n) is 9.82. The second kappa shape index (κ2) is 17.3. The predicted octanol–water partition coefficient (Wildman–Crippen LogP) is -4.92. The van der Waals surface area contributed by atoms with Crippen molar-refractivity contribution >= 4 is 28.8 Å². The zero-order chi connectivity index (χ0) is 29.2. The third-order valence-electron chi connectivity index (χ3n) is 8.25. The molecule has 0 unspecified atom stereocenters. The maximum Gasteiger partial charge on any atom is 4.00 e. The molecular formula is C33H39Cl3O6SiTi. The fourth-order valence-corrected chi connectivity index (χ4v) is 11.8. The van der Waals surface area contributed by atoms with E-state index in [1.807, 2.05) is 36.4 Å². The van der Waals surface area contributed by atoms with Crippen molar-refractivity contribution in [3.8, 4) is 34.5 Å². The summed E-state index contributed by atoms with van der Waals surface area (Å²) in [5.74, 6) is 4.35. The molecule has 0 saturated heterocycles. The number of benzene rings is 3. The summed E-state index contributed by atoms with van der Waals surface area (Å²) in [7, 11) is 6.85. The van der Waals surface area contributed by atoms with Crippen LogP contribution in [0.1, 0.15) is 22.3 Å². The summed E-state index contributed by atoms with van der Waals surface area (Å²) < 4.78 is 35.3. The molecule has 11 heteroatoms. The van der Waals surface area contributed by atoms with Gasteiger partial charge in [0, 0.05) is 18.2 Å². The molecule has 4 rings (SSSR count). The van der Waals surface area contributed by atoms with E-state index in [0.29, 0.717) is 0 Å². The zero-order valence-electron chi connectivity index (χ0n) is 26.8.